The van der Waals surface area contributed by atoms with Crippen LogP contribution in [0.25, 0.3) is 0 Å². The minimum Gasteiger partial charge on any atom is -0.330 e. The van der Waals surface area contributed by atoms with Crippen molar-refractivity contribution in [2.24, 2.45) is 17.6 Å². The number of nitrogens with one attached hydrogen (secondary N) is 1. The molecule has 2 atom stereocenters. The Morgan fingerprint density at radius 2 is 2.13 bits per heavy atom. The van der Waals surface area contributed by atoms with Crippen LogP contribution in [0.5, 0.6) is 0 Å². The molecule has 1 heterocycles. The lowest BCUT2D eigenvalue weighted by molar-refractivity contribution is 0.363. The van der Waals surface area contributed by atoms with Crippen LogP contribution in [-0.2, 0) is 6.42 Å². The first kappa shape index (κ1) is 10.7. The molecular weight excluding hydrogens is 184 g/mol. The van der Waals surface area contributed by atoms with E-state index in [1.54, 1.807) is 0 Å². The fraction of sp³-hybridized carbons (Fsp3) is 0.538. The van der Waals surface area contributed by atoms with Crippen molar-refractivity contribution >= 4 is 0 Å². The molecule has 2 unspecified atom stereocenters. The molecule has 0 radical (unpaired) electrons. The highest BCUT2D eigenvalue weighted by molar-refractivity contribution is 5.15. The molecule has 0 aliphatic carbocycles. The molecule has 1 aromatic rings. The number of benzene rings is 1. The van der Waals surface area contributed by atoms with E-state index in [0.29, 0.717) is 5.92 Å². The summed E-state index contributed by atoms with van der Waals surface area (Å²) in [4.78, 5) is 0. The summed E-state index contributed by atoms with van der Waals surface area (Å²) in [7, 11) is 0. The number of nitrogens with two attached hydrogens (primary N) is 1. The van der Waals surface area contributed by atoms with Crippen molar-refractivity contribution in [3.63, 3.8) is 0 Å². The minimum atomic E-state index is 0.641. The second kappa shape index (κ2) is 5.29. The molecule has 0 amide bonds. The van der Waals surface area contributed by atoms with E-state index >= 15 is 0 Å². The van der Waals surface area contributed by atoms with E-state index in [1.165, 1.54) is 12.0 Å². The highest BCUT2D eigenvalue weighted by Gasteiger charge is 2.23. The topological polar surface area (TPSA) is 38.0 Å². The van der Waals surface area contributed by atoms with E-state index in [1.807, 2.05) is 0 Å². The average molecular weight is 204 g/mol. The van der Waals surface area contributed by atoms with Gasteiger partial charge in [-0.3, -0.25) is 0 Å². The average Bonchev–Trinajstić information content (AvgIpc) is 2.81. The Bertz CT molecular complexity index is 278. The zero-order valence-electron chi connectivity index (χ0n) is 9.15. The second-order valence-corrected chi connectivity index (χ2v) is 4.44. The highest BCUT2D eigenvalue weighted by Crippen LogP contribution is 2.22. The molecule has 1 aliphatic heterocycles. The molecule has 1 fully saturated rings. The van der Waals surface area contributed by atoms with Crippen molar-refractivity contribution in [1.29, 1.82) is 0 Å². The Kier molecular flexibility index (Phi) is 3.75. The zero-order chi connectivity index (χ0) is 10.5. The second-order valence-electron chi connectivity index (χ2n) is 4.44. The molecule has 0 saturated carbocycles. The van der Waals surface area contributed by atoms with Gasteiger partial charge in [0.2, 0.25) is 0 Å². The molecule has 0 bridgehead atoms. The minimum absolute atomic E-state index is 0.641. The molecule has 2 nitrogen and oxygen atoms in total. The third kappa shape index (κ3) is 2.80. The third-order valence-corrected chi connectivity index (χ3v) is 3.41. The molecule has 0 spiro atoms. The Balaban J connectivity index is 1.96. The molecule has 3 N–H and O–H groups in total. The SMILES string of the molecule is NCC(Cc1ccccc1)C1CCNC1. The first-order valence-corrected chi connectivity index (χ1v) is 5.85. The van der Waals surface area contributed by atoms with Crippen LogP contribution in [-0.4, -0.2) is 19.6 Å². The molecule has 1 saturated heterocycles. The quantitative estimate of drug-likeness (QED) is 0.778. The molecule has 2 rings (SSSR count). The van der Waals surface area contributed by atoms with E-state index in [-0.39, 0.29) is 0 Å². The fourth-order valence-electron chi connectivity index (χ4n) is 2.44. The van der Waals surface area contributed by atoms with E-state index < -0.39 is 0 Å². The molecule has 82 valence electrons. The maximum atomic E-state index is 5.87. The van der Waals surface area contributed by atoms with E-state index in [0.717, 1.165) is 32.0 Å². The molecule has 0 aromatic heterocycles. The van der Waals surface area contributed by atoms with E-state index in [2.05, 4.69) is 35.6 Å². The molecule has 1 aromatic carbocycles. The number of hydrogen-bond donors (Lipinski definition) is 2. The van der Waals surface area contributed by atoms with Gasteiger partial charge in [-0.1, -0.05) is 30.3 Å². The van der Waals surface area contributed by atoms with Gasteiger partial charge in [0.15, 0.2) is 0 Å². The molecule has 15 heavy (non-hydrogen) atoms. The first-order chi connectivity index (χ1) is 7.40. The highest BCUT2D eigenvalue weighted by atomic mass is 14.9. The van der Waals surface area contributed by atoms with Gasteiger partial charge in [0.1, 0.15) is 0 Å². The lowest BCUT2D eigenvalue weighted by Crippen LogP contribution is -2.27. The summed E-state index contributed by atoms with van der Waals surface area (Å²) in [5.41, 5.74) is 7.29. The van der Waals surface area contributed by atoms with E-state index in [4.69, 9.17) is 5.73 Å². The summed E-state index contributed by atoms with van der Waals surface area (Å²) < 4.78 is 0. The monoisotopic (exact) mass is 204 g/mol. The molecular formula is C13H20N2. The van der Waals surface area contributed by atoms with Gasteiger partial charge in [-0.25, -0.2) is 0 Å². The van der Waals surface area contributed by atoms with Gasteiger partial charge >= 0.3 is 0 Å². The smallest absolute Gasteiger partial charge is 0.00168 e. The van der Waals surface area contributed by atoms with Crippen molar-refractivity contribution in [2.45, 2.75) is 12.8 Å². The van der Waals surface area contributed by atoms with Crippen LogP contribution in [0, 0.1) is 11.8 Å². The van der Waals surface area contributed by atoms with Crippen LogP contribution in [0.2, 0.25) is 0 Å². The number of rotatable bonds is 4. The van der Waals surface area contributed by atoms with Crippen LogP contribution in [0.1, 0.15) is 12.0 Å². The van der Waals surface area contributed by atoms with Crippen molar-refractivity contribution in [2.75, 3.05) is 19.6 Å². The Hall–Kier alpha value is -0.860. The predicted molar refractivity (Wildman–Crippen MR) is 63.7 cm³/mol. The summed E-state index contributed by atoms with van der Waals surface area (Å²) in [5, 5.41) is 3.42. The third-order valence-electron chi connectivity index (χ3n) is 3.41. The Morgan fingerprint density at radius 1 is 1.33 bits per heavy atom. The van der Waals surface area contributed by atoms with Crippen LogP contribution >= 0.6 is 0 Å². The van der Waals surface area contributed by atoms with Crippen molar-refractivity contribution in [3.8, 4) is 0 Å². The standard InChI is InChI=1S/C13H20N2/c14-9-13(12-6-7-15-10-12)8-11-4-2-1-3-5-11/h1-5,12-13,15H,6-10,14H2. The van der Waals surface area contributed by atoms with Crippen LogP contribution in [0.15, 0.2) is 30.3 Å². The molecule has 1 aliphatic rings. The van der Waals surface area contributed by atoms with Gasteiger partial charge < -0.3 is 11.1 Å². The lowest BCUT2D eigenvalue weighted by atomic mass is 9.86. The van der Waals surface area contributed by atoms with Crippen molar-refractivity contribution in [3.05, 3.63) is 35.9 Å². The normalized spacial score (nSPS) is 22.9. The van der Waals surface area contributed by atoms with Gasteiger partial charge in [0, 0.05) is 0 Å². The lowest BCUT2D eigenvalue weighted by Gasteiger charge is -2.21. The summed E-state index contributed by atoms with van der Waals surface area (Å²) in [6.07, 6.45) is 2.42. The largest absolute Gasteiger partial charge is 0.330 e. The van der Waals surface area contributed by atoms with Gasteiger partial charge in [0.05, 0.1) is 0 Å². The van der Waals surface area contributed by atoms with Gasteiger partial charge in [-0.2, -0.15) is 0 Å². The maximum Gasteiger partial charge on any atom is -0.00168 e. The predicted octanol–water partition coefficient (Wildman–Crippen LogP) is 1.41. The van der Waals surface area contributed by atoms with Crippen molar-refractivity contribution in [1.82, 2.24) is 5.32 Å². The Morgan fingerprint density at radius 3 is 2.73 bits per heavy atom. The Labute approximate surface area is 91.9 Å². The summed E-state index contributed by atoms with van der Waals surface area (Å²) >= 11 is 0. The fourth-order valence-corrected chi connectivity index (χ4v) is 2.44. The van der Waals surface area contributed by atoms with Crippen LogP contribution in [0.3, 0.4) is 0 Å². The summed E-state index contributed by atoms with van der Waals surface area (Å²) in [6, 6.07) is 10.7. The van der Waals surface area contributed by atoms with Gasteiger partial charge in [0.25, 0.3) is 0 Å². The van der Waals surface area contributed by atoms with Crippen LogP contribution < -0.4 is 11.1 Å². The van der Waals surface area contributed by atoms with Crippen molar-refractivity contribution < 1.29 is 0 Å². The summed E-state index contributed by atoms with van der Waals surface area (Å²) in [6.45, 7) is 3.12. The zero-order valence-corrected chi connectivity index (χ0v) is 9.15. The van der Waals surface area contributed by atoms with Gasteiger partial charge in [-0.05, 0) is 49.9 Å². The number of hydrogen-bond acceptors (Lipinski definition) is 2. The summed E-state index contributed by atoms with van der Waals surface area (Å²) in [5.74, 6) is 1.41. The van der Waals surface area contributed by atoms with E-state index in [9.17, 15) is 0 Å². The first-order valence-electron chi connectivity index (χ1n) is 5.85. The molecule has 2 heteroatoms. The van der Waals surface area contributed by atoms with Crippen LogP contribution in [0.4, 0.5) is 0 Å². The van der Waals surface area contributed by atoms with Gasteiger partial charge in [-0.15, -0.1) is 0 Å². The maximum absolute atomic E-state index is 5.87.